The summed E-state index contributed by atoms with van der Waals surface area (Å²) in [5, 5.41) is 0. The van der Waals surface area contributed by atoms with Gasteiger partial charge in [0.1, 0.15) is 6.61 Å². The number of benzene rings is 1. The maximum absolute atomic E-state index is 11.4. The number of esters is 1. The van der Waals surface area contributed by atoms with E-state index in [1.807, 2.05) is 30.3 Å². The van der Waals surface area contributed by atoms with Crippen LogP contribution in [0.4, 0.5) is 0 Å². The normalized spacial score (nSPS) is 9.26. The summed E-state index contributed by atoms with van der Waals surface area (Å²) in [6, 6.07) is 9.60. The first-order valence-corrected chi connectivity index (χ1v) is 5.93. The molecule has 19 heavy (non-hydrogen) atoms. The molecule has 1 aromatic carbocycles. The molecule has 0 spiro atoms. The van der Waals surface area contributed by atoms with Crippen LogP contribution in [-0.4, -0.2) is 18.5 Å². The lowest BCUT2D eigenvalue weighted by molar-refractivity contribution is -0.145. The van der Waals surface area contributed by atoms with Crippen molar-refractivity contribution in [3.05, 3.63) is 35.9 Å². The van der Waals surface area contributed by atoms with Crippen molar-refractivity contribution in [1.29, 1.82) is 0 Å². The quantitative estimate of drug-likeness (QED) is 0.249. The fraction of sp³-hybridized carbons (Fsp3) is 0.385. The first-order valence-electron chi connectivity index (χ1n) is 5.93. The standard InChI is InChI=1S/C13H19N3O2.HI/c14-13(15)16-9-5-4-8-12(17)18-10-11-6-2-1-3-7-11;/h1-3,6-7H,4-5,8-10H2,(H4,14,15,16);1H. The first-order chi connectivity index (χ1) is 8.68. The summed E-state index contributed by atoms with van der Waals surface area (Å²) in [6.07, 6.45) is 1.90. The van der Waals surface area contributed by atoms with Crippen LogP contribution in [-0.2, 0) is 16.1 Å². The highest BCUT2D eigenvalue weighted by Crippen LogP contribution is 2.03. The summed E-state index contributed by atoms with van der Waals surface area (Å²) in [6.45, 7) is 0.877. The van der Waals surface area contributed by atoms with Crippen LogP contribution in [0.25, 0.3) is 0 Å². The van der Waals surface area contributed by atoms with E-state index in [0.29, 0.717) is 19.6 Å². The van der Waals surface area contributed by atoms with Gasteiger partial charge in [0.2, 0.25) is 0 Å². The van der Waals surface area contributed by atoms with Gasteiger partial charge >= 0.3 is 5.97 Å². The van der Waals surface area contributed by atoms with Crippen LogP contribution in [0.3, 0.4) is 0 Å². The lowest BCUT2D eigenvalue weighted by Gasteiger charge is -2.04. The minimum atomic E-state index is -0.191. The molecule has 1 rings (SSSR count). The predicted octanol–water partition coefficient (Wildman–Crippen LogP) is 1.79. The van der Waals surface area contributed by atoms with Gasteiger partial charge in [-0.25, -0.2) is 0 Å². The minimum absolute atomic E-state index is 0. The summed E-state index contributed by atoms with van der Waals surface area (Å²) >= 11 is 0. The number of hydrogen-bond donors (Lipinski definition) is 2. The number of hydrogen-bond acceptors (Lipinski definition) is 3. The van der Waals surface area contributed by atoms with Gasteiger partial charge < -0.3 is 16.2 Å². The second-order valence-corrected chi connectivity index (χ2v) is 3.91. The molecule has 0 aliphatic carbocycles. The fourth-order valence-corrected chi connectivity index (χ4v) is 1.40. The number of carbonyl (C=O) groups excluding carboxylic acids is 1. The molecule has 0 radical (unpaired) electrons. The largest absolute Gasteiger partial charge is 0.461 e. The Morgan fingerprint density at radius 2 is 1.84 bits per heavy atom. The molecule has 6 heteroatoms. The van der Waals surface area contributed by atoms with Crippen LogP contribution in [0.1, 0.15) is 24.8 Å². The SMILES string of the molecule is I.NC(N)=NCCCCC(=O)OCc1ccccc1. The van der Waals surface area contributed by atoms with Crippen LogP contribution in [0.15, 0.2) is 35.3 Å². The van der Waals surface area contributed by atoms with Gasteiger partial charge in [-0.15, -0.1) is 24.0 Å². The monoisotopic (exact) mass is 377 g/mol. The predicted molar refractivity (Wildman–Crippen MR) is 86.2 cm³/mol. The van der Waals surface area contributed by atoms with Crippen molar-refractivity contribution in [2.45, 2.75) is 25.9 Å². The number of rotatable bonds is 7. The fourth-order valence-electron chi connectivity index (χ4n) is 1.40. The molecule has 0 aliphatic heterocycles. The van der Waals surface area contributed by atoms with Crippen molar-refractivity contribution in [3.63, 3.8) is 0 Å². The van der Waals surface area contributed by atoms with E-state index in [1.165, 1.54) is 0 Å². The Morgan fingerprint density at radius 3 is 2.47 bits per heavy atom. The topological polar surface area (TPSA) is 90.7 Å². The van der Waals surface area contributed by atoms with E-state index in [4.69, 9.17) is 16.2 Å². The molecule has 0 bridgehead atoms. The highest BCUT2D eigenvalue weighted by Gasteiger charge is 2.02. The molecule has 106 valence electrons. The smallest absolute Gasteiger partial charge is 0.306 e. The molecule has 0 fully saturated rings. The van der Waals surface area contributed by atoms with Crippen molar-refractivity contribution in [2.24, 2.45) is 16.5 Å². The highest BCUT2D eigenvalue weighted by atomic mass is 127. The number of halogens is 1. The van der Waals surface area contributed by atoms with Crippen LogP contribution in [0.5, 0.6) is 0 Å². The summed E-state index contributed by atoms with van der Waals surface area (Å²) in [4.78, 5) is 15.2. The highest BCUT2D eigenvalue weighted by molar-refractivity contribution is 14.0. The first kappa shape index (κ1) is 17.7. The second-order valence-electron chi connectivity index (χ2n) is 3.91. The minimum Gasteiger partial charge on any atom is -0.461 e. The van der Waals surface area contributed by atoms with Crippen LogP contribution < -0.4 is 11.5 Å². The number of nitrogens with two attached hydrogens (primary N) is 2. The van der Waals surface area contributed by atoms with Gasteiger partial charge in [-0.1, -0.05) is 30.3 Å². The van der Waals surface area contributed by atoms with E-state index in [1.54, 1.807) is 0 Å². The van der Waals surface area contributed by atoms with Gasteiger partial charge in [0.15, 0.2) is 5.96 Å². The zero-order chi connectivity index (χ0) is 13.2. The van der Waals surface area contributed by atoms with Gasteiger partial charge in [-0.2, -0.15) is 0 Å². The van der Waals surface area contributed by atoms with E-state index < -0.39 is 0 Å². The molecule has 0 saturated carbocycles. The molecule has 0 aliphatic rings. The van der Waals surface area contributed by atoms with E-state index in [0.717, 1.165) is 18.4 Å². The zero-order valence-electron chi connectivity index (χ0n) is 10.7. The van der Waals surface area contributed by atoms with Crippen molar-refractivity contribution in [3.8, 4) is 0 Å². The molecule has 0 aromatic heterocycles. The molecule has 0 heterocycles. The summed E-state index contributed by atoms with van der Waals surface area (Å²) < 4.78 is 5.13. The van der Waals surface area contributed by atoms with Gasteiger partial charge in [0.25, 0.3) is 0 Å². The Kier molecular flexibility index (Phi) is 9.87. The van der Waals surface area contributed by atoms with Crippen LogP contribution in [0, 0.1) is 0 Å². The average Bonchev–Trinajstić information content (AvgIpc) is 2.37. The number of guanidine groups is 1. The van der Waals surface area contributed by atoms with Gasteiger partial charge in [0, 0.05) is 13.0 Å². The third-order valence-corrected chi connectivity index (χ3v) is 2.33. The summed E-state index contributed by atoms with van der Waals surface area (Å²) in [5.74, 6) is -0.106. The average molecular weight is 377 g/mol. The molecule has 0 amide bonds. The molecular weight excluding hydrogens is 357 g/mol. The number of unbranched alkanes of at least 4 members (excludes halogenated alkanes) is 1. The van der Waals surface area contributed by atoms with Crippen LogP contribution >= 0.6 is 24.0 Å². The Hall–Kier alpha value is -1.31. The molecule has 4 N–H and O–H groups in total. The van der Waals surface area contributed by atoms with Crippen molar-refractivity contribution in [2.75, 3.05) is 6.54 Å². The molecule has 5 nitrogen and oxygen atoms in total. The van der Waals surface area contributed by atoms with Crippen molar-refractivity contribution in [1.82, 2.24) is 0 Å². The van der Waals surface area contributed by atoms with E-state index in [9.17, 15) is 4.79 Å². The number of carbonyl (C=O) groups is 1. The molecule has 0 atom stereocenters. The van der Waals surface area contributed by atoms with Gasteiger partial charge in [-0.05, 0) is 18.4 Å². The third kappa shape index (κ3) is 9.29. The lowest BCUT2D eigenvalue weighted by atomic mass is 10.2. The molecular formula is C13H20IN3O2. The Morgan fingerprint density at radius 1 is 1.16 bits per heavy atom. The van der Waals surface area contributed by atoms with E-state index in [2.05, 4.69) is 4.99 Å². The maximum Gasteiger partial charge on any atom is 0.306 e. The van der Waals surface area contributed by atoms with E-state index >= 15 is 0 Å². The number of aliphatic imine (C=N–C) groups is 1. The molecule has 1 aromatic rings. The zero-order valence-corrected chi connectivity index (χ0v) is 13.1. The van der Waals surface area contributed by atoms with Crippen molar-refractivity contribution < 1.29 is 9.53 Å². The van der Waals surface area contributed by atoms with E-state index in [-0.39, 0.29) is 35.9 Å². The Labute approximate surface area is 130 Å². The Balaban J connectivity index is 0.00000324. The number of nitrogens with zero attached hydrogens (tertiary/aromatic N) is 1. The van der Waals surface area contributed by atoms with Gasteiger partial charge in [0.05, 0.1) is 0 Å². The maximum atomic E-state index is 11.4. The summed E-state index contributed by atoms with van der Waals surface area (Å²) in [5.41, 5.74) is 11.4. The lowest BCUT2D eigenvalue weighted by Crippen LogP contribution is -2.22. The number of ether oxygens (including phenoxy) is 1. The Bertz CT molecular complexity index is 392. The van der Waals surface area contributed by atoms with Gasteiger partial charge in [-0.3, -0.25) is 9.79 Å². The second kappa shape index (κ2) is 10.6. The molecule has 0 unspecified atom stereocenters. The summed E-state index contributed by atoms with van der Waals surface area (Å²) in [7, 11) is 0. The van der Waals surface area contributed by atoms with Crippen LogP contribution in [0.2, 0.25) is 0 Å². The molecule has 0 saturated heterocycles. The van der Waals surface area contributed by atoms with Crippen molar-refractivity contribution >= 4 is 35.9 Å². The third-order valence-electron chi connectivity index (χ3n) is 2.33.